The van der Waals surface area contributed by atoms with Crippen molar-refractivity contribution in [2.45, 2.75) is 64.0 Å². The maximum absolute atomic E-state index is 13.4. The molecule has 0 spiro atoms. The Bertz CT molecular complexity index is 1060. The van der Waals surface area contributed by atoms with E-state index in [4.69, 9.17) is 4.74 Å². The molecular weight excluding hydrogens is 444 g/mol. The maximum atomic E-state index is 13.4. The van der Waals surface area contributed by atoms with Crippen LogP contribution in [0.1, 0.15) is 63.5 Å². The van der Waals surface area contributed by atoms with Gasteiger partial charge in [-0.1, -0.05) is 61.4 Å². The van der Waals surface area contributed by atoms with E-state index in [1.54, 1.807) is 0 Å². The first kappa shape index (κ1) is 24.8. The molecule has 0 aromatic heterocycles. The van der Waals surface area contributed by atoms with Crippen molar-refractivity contribution in [2.75, 3.05) is 13.2 Å². The van der Waals surface area contributed by atoms with Crippen molar-refractivity contribution in [3.8, 4) is 11.1 Å². The summed E-state index contributed by atoms with van der Waals surface area (Å²) in [7, 11) is 0. The summed E-state index contributed by atoms with van der Waals surface area (Å²) in [5.74, 6) is -1.79. The molecule has 2 amide bonds. The number of benzene rings is 2. The Morgan fingerprint density at radius 3 is 2.11 bits per heavy atom. The van der Waals surface area contributed by atoms with Gasteiger partial charge in [0.05, 0.1) is 5.92 Å². The molecule has 1 saturated carbocycles. The minimum absolute atomic E-state index is 0.0381. The second-order valence-electron chi connectivity index (χ2n) is 10.5. The zero-order chi connectivity index (χ0) is 25.2. The molecule has 4 rings (SSSR count). The van der Waals surface area contributed by atoms with E-state index in [1.807, 2.05) is 45.0 Å². The van der Waals surface area contributed by atoms with Gasteiger partial charge < -0.3 is 20.1 Å². The normalized spacial score (nSPS) is 19.4. The SMILES string of the molecule is CC(C)(C)N(CC(=O)O)C(=O)[C@@H]1CCCC[C@@H]1NC(=O)OCC1c2ccccc2-c2ccccc21. The minimum Gasteiger partial charge on any atom is -0.480 e. The maximum Gasteiger partial charge on any atom is 0.407 e. The number of carboxylic acids is 1. The number of alkyl carbamates (subject to hydrolysis) is 1. The molecule has 35 heavy (non-hydrogen) atoms. The lowest BCUT2D eigenvalue weighted by Crippen LogP contribution is -2.55. The van der Waals surface area contributed by atoms with Crippen LogP contribution in [0, 0.1) is 5.92 Å². The number of carbonyl (C=O) groups is 3. The van der Waals surface area contributed by atoms with E-state index in [2.05, 4.69) is 29.6 Å². The third-order valence-electron chi connectivity index (χ3n) is 7.10. The van der Waals surface area contributed by atoms with Crippen LogP contribution in [-0.2, 0) is 14.3 Å². The molecule has 0 aliphatic heterocycles. The van der Waals surface area contributed by atoms with E-state index < -0.39 is 23.5 Å². The molecule has 2 aromatic rings. The molecule has 0 heterocycles. The molecule has 0 unspecified atom stereocenters. The van der Waals surface area contributed by atoms with Crippen molar-refractivity contribution in [3.63, 3.8) is 0 Å². The van der Waals surface area contributed by atoms with E-state index in [0.717, 1.165) is 35.1 Å². The summed E-state index contributed by atoms with van der Waals surface area (Å²) in [6, 6.07) is 15.9. The zero-order valence-electron chi connectivity index (χ0n) is 20.6. The zero-order valence-corrected chi connectivity index (χ0v) is 20.6. The van der Waals surface area contributed by atoms with Gasteiger partial charge in [-0.25, -0.2) is 4.79 Å². The first-order chi connectivity index (χ1) is 16.7. The highest BCUT2D eigenvalue weighted by atomic mass is 16.5. The summed E-state index contributed by atoms with van der Waals surface area (Å²) in [6.07, 6.45) is 2.49. The fourth-order valence-electron chi connectivity index (χ4n) is 5.37. The number of rotatable bonds is 6. The standard InChI is InChI=1S/C28H34N2O5/c1-28(2,3)30(16-25(31)32)26(33)22-14-8-9-15-24(22)29-27(34)35-17-23-20-12-6-4-10-18(20)19-11-5-7-13-21(19)23/h4-7,10-13,22-24H,8-9,14-17H2,1-3H3,(H,29,34)(H,31,32)/t22-,24+/m1/s1. The van der Waals surface area contributed by atoms with Gasteiger partial charge in [0.1, 0.15) is 13.2 Å². The molecule has 2 aliphatic carbocycles. The first-order valence-corrected chi connectivity index (χ1v) is 12.3. The molecule has 0 saturated heterocycles. The molecule has 2 aromatic carbocycles. The number of nitrogens with zero attached hydrogens (tertiary/aromatic N) is 1. The van der Waals surface area contributed by atoms with Crippen molar-refractivity contribution in [1.82, 2.24) is 10.2 Å². The van der Waals surface area contributed by atoms with Crippen molar-refractivity contribution < 1.29 is 24.2 Å². The van der Waals surface area contributed by atoms with Crippen LogP contribution in [0.25, 0.3) is 11.1 Å². The average Bonchev–Trinajstić information content (AvgIpc) is 3.14. The highest BCUT2D eigenvalue weighted by Crippen LogP contribution is 2.44. The smallest absolute Gasteiger partial charge is 0.407 e. The van der Waals surface area contributed by atoms with Gasteiger partial charge in [0.25, 0.3) is 0 Å². The van der Waals surface area contributed by atoms with Crippen LogP contribution in [0.4, 0.5) is 4.79 Å². The van der Waals surface area contributed by atoms with Crippen molar-refractivity contribution in [2.24, 2.45) is 5.92 Å². The number of hydrogen-bond donors (Lipinski definition) is 2. The third-order valence-corrected chi connectivity index (χ3v) is 7.10. The minimum atomic E-state index is -1.05. The summed E-state index contributed by atoms with van der Waals surface area (Å²) in [5, 5.41) is 12.3. The molecule has 2 aliphatic rings. The molecule has 7 heteroatoms. The number of carboxylic acid groups (broad SMARTS) is 1. The van der Waals surface area contributed by atoms with Gasteiger partial charge in [-0.15, -0.1) is 0 Å². The van der Waals surface area contributed by atoms with Gasteiger partial charge in [0.15, 0.2) is 0 Å². The lowest BCUT2D eigenvalue weighted by atomic mass is 9.82. The third kappa shape index (κ3) is 5.34. The van der Waals surface area contributed by atoms with Crippen LogP contribution >= 0.6 is 0 Å². The Hall–Kier alpha value is -3.35. The van der Waals surface area contributed by atoms with Crippen molar-refractivity contribution in [1.29, 1.82) is 0 Å². The number of ether oxygens (including phenoxy) is 1. The van der Waals surface area contributed by atoms with Crippen LogP contribution in [0.2, 0.25) is 0 Å². The van der Waals surface area contributed by atoms with E-state index in [-0.39, 0.29) is 31.0 Å². The van der Waals surface area contributed by atoms with E-state index in [0.29, 0.717) is 12.8 Å². The first-order valence-electron chi connectivity index (χ1n) is 12.3. The van der Waals surface area contributed by atoms with E-state index >= 15 is 0 Å². The van der Waals surface area contributed by atoms with Crippen LogP contribution in [-0.4, -0.2) is 52.7 Å². The van der Waals surface area contributed by atoms with Crippen LogP contribution in [0.3, 0.4) is 0 Å². The highest BCUT2D eigenvalue weighted by molar-refractivity contribution is 5.85. The Balaban J connectivity index is 1.43. The second-order valence-corrected chi connectivity index (χ2v) is 10.5. The molecule has 2 N–H and O–H groups in total. The summed E-state index contributed by atoms with van der Waals surface area (Å²) in [5.41, 5.74) is 3.97. The van der Waals surface area contributed by atoms with Gasteiger partial charge in [0, 0.05) is 17.5 Å². The predicted octanol–water partition coefficient (Wildman–Crippen LogP) is 4.80. The molecule has 0 radical (unpaired) electrons. The van der Waals surface area contributed by atoms with E-state index in [1.165, 1.54) is 4.90 Å². The van der Waals surface area contributed by atoms with Crippen molar-refractivity contribution in [3.05, 3.63) is 59.7 Å². The molecule has 0 bridgehead atoms. The topological polar surface area (TPSA) is 95.9 Å². The second kappa shape index (κ2) is 10.1. The number of nitrogens with one attached hydrogen (secondary N) is 1. The number of aliphatic carboxylic acids is 1. The van der Waals surface area contributed by atoms with Crippen LogP contribution in [0.15, 0.2) is 48.5 Å². The summed E-state index contributed by atoms with van der Waals surface area (Å²) in [4.78, 5) is 39.0. The molecular formula is C28H34N2O5. The number of carbonyl (C=O) groups excluding carboxylic acids is 2. The Kier molecular flexibility index (Phi) is 7.15. The van der Waals surface area contributed by atoms with Crippen molar-refractivity contribution >= 4 is 18.0 Å². The molecule has 7 nitrogen and oxygen atoms in total. The van der Waals surface area contributed by atoms with E-state index in [9.17, 15) is 19.5 Å². The average molecular weight is 479 g/mol. The fraction of sp³-hybridized carbons (Fsp3) is 0.464. The monoisotopic (exact) mass is 478 g/mol. The lowest BCUT2D eigenvalue weighted by molar-refractivity contribution is -0.151. The number of fused-ring (bicyclic) bond motifs is 3. The van der Waals surface area contributed by atoms with Crippen LogP contribution < -0.4 is 5.32 Å². The van der Waals surface area contributed by atoms with Gasteiger partial charge in [0.2, 0.25) is 5.91 Å². The molecule has 1 fully saturated rings. The molecule has 2 atom stereocenters. The summed E-state index contributed by atoms with van der Waals surface area (Å²) in [6.45, 7) is 5.31. The predicted molar refractivity (Wildman–Crippen MR) is 133 cm³/mol. The van der Waals surface area contributed by atoms with Crippen LogP contribution in [0.5, 0.6) is 0 Å². The summed E-state index contributed by atoms with van der Waals surface area (Å²) < 4.78 is 5.69. The quantitative estimate of drug-likeness (QED) is 0.622. The highest BCUT2D eigenvalue weighted by Gasteiger charge is 2.39. The number of hydrogen-bond acceptors (Lipinski definition) is 4. The Morgan fingerprint density at radius 2 is 1.54 bits per heavy atom. The summed E-state index contributed by atoms with van der Waals surface area (Å²) >= 11 is 0. The lowest BCUT2D eigenvalue weighted by Gasteiger charge is -2.40. The van der Waals surface area contributed by atoms with Gasteiger partial charge >= 0.3 is 12.1 Å². The fourth-order valence-corrected chi connectivity index (χ4v) is 5.37. The van der Waals surface area contributed by atoms with Gasteiger partial charge in [-0.3, -0.25) is 9.59 Å². The van der Waals surface area contributed by atoms with Gasteiger partial charge in [-0.2, -0.15) is 0 Å². The largest absolute Gasteiger partial charge is 0.480 e. The number of amides is 2. The van der Waals surface area contributed by atoms with Gasteiger partial charge in [-0.05, 0) is 55.9 Å². The molecule has 186 valence electrons. The Labute approximate surface area is 206 Å². The Morgan fingerprint density at radius 1 is 0.971 bits per heavy atom.